The highest BCUT2D eigenvalue weighted by atomic mass is 16.6. The van der Waals surface area contributed by atoms with Crippen molar-refractivity contribution in [2.45, 2.75) is 33.9 Å². The topological polar surface area (TPSA) is 51.0 Å². The maximum Gasteiger partial charge on any atom is 0.121 e. The number of aryl methyl sites for hydroxylation is 3. The van der Waals surface area contributed by atoms with E-state index in [0.29, 0.717) is 6.54 Å². The fraction of sp³-hybridized carbons (Fsp3) is 0.385. The first-order valence-electron chi connectivity index (χ1n) is 5.71. The van der Waals surface area contributed by atoms with E-state index in [-0.39, 0.29) is 0 Å². The molecule has 0 fully saturated rings. The average molecular weight is 231 g/mol. The summed E-state index contributed by atoms with van der Waals surface area (Å²) >= 11 is 0. The first kappa shape index (κ1) is 11.8. The average Bonchev–Trinajstić information content (AvgIpc) is 2.70. The van der Waals surface area contributed by atoms with Gasteiger partial charge in [0, 0.05) is 13.1 Å². The van der Waals surface area contributed by atoms with Crippen LogP contribution in [0.4, 0.5) is 0 Å². The molecule has 0 aliphatic heterocycles. The van der Waals surface area contributed by atoms with Crippen molar-refractivity contribution in [3.63, 3.8) is 0 Å². The van der Waals surface area contributed by atoms with E-state index in [1.165, 1.54) is 16.7 Å². The number of nitrogens with zero attached hydrogens (tertiary/aromatic N) is 2. The Bertz CT molecular complexity index is 505. The van der Waals surface area contributed by atoms with Crippen molar-refractivity contribution in [2.75, 3.05) is 0 Å². The molecule has 0 aliphatic carbocycles. The quantitative estimate of drug-likeness (QED) is 0.877. The van der Waals surface area contributed by atoms with Crippen LogP contribution in [0.25, 0.3) is 0 Å². The standard InChI is InChI=1S/C13H17N3O/c1-9-4-5-12(6-10(9)2)7-14-8-13-11(3)15-17-16-13/h4-6,14H,7-8H2,1-3H3. The summed E-state index contributed by atoms with van der Waals surface area (Å²) in [4.78, 5) is 0. The first-order chi connectivity index (χ1) is 8.16. The van der Waals surface area contributed by atoms with Crippen LogP contribution >= 0.6 is 0 Å². The number of nitrogens with one attached hydrogen (secondary N) is 1. The molecule has 0 radical (unpaired) electrons. The number of rotatable bonds is 4. The second kappa shape index (κ2) is 5.10. The van der Waals surface area contributed by atoms with Crippen LogP contribution < -0.4 is 5.32 Å². The second-order valence-corrected chi connectivity index (χ2v) is 4.32. The molecular formula is C13H17N3O. The molecule has 0 atom stereocenters. The van der Waals surface area contributed by atoms with E-state index in [4.69, 9.17) is 0 Å². The lowest BCUT2D eigenvalue weighted by Gasteiger charge is -2.06. The molecule has 0 spiro atoms. The van der Waals surface area contributed by atoms with Crippen LogP contribution in [0.5, 0.6) is 0 Å². The van der Waals surface area contributed by atoms with Gasteiger partial charge in [-0.1, -0.05) is 28.5 Å². The molecule has 2 rings (SSSR count). The summed E-state index contributed by atoms with van der Waals surface area (Å²) in [5, 5.41) is 10.9. The van der Waals surface area contributed by atoms with Crippen LogP contribution in [0.2, 0.25) is 0 Å². The fourth-order valence-corrected chi connectivity index (χ4v) is 1.65. The summed E-state index contributed by atoms with van der Waals surface area (Å²) in [6.45, 7) is 7.65. The molecule has 0 saturated heterocycles. The summed E-state index contributed by atoms with van der Waals surface area (Å²) in [6.07, 6.45) is 0. The number of hydrogen-bond donors (Lipinski definition) is 1. The summed E-state index contributed by atoms with van der Waals surface area (Å²) in [5.41, 5.74) is 5.64. The Morgan fingerprint density at radius 1 is 1.06 bits per heavy atom. The molecule has 0 saturated carbocycles. The third kappa shape index (κ3) is 2.91. The first-order valence-corrected chi connectivity index (χ1v) is 5.71. The van der Waals surface area contributed by atoms with E-state index in [0.717, 1.165) is 17.9 Å². The zero-order chi connectivity index (χ0) is 12.3. The van der Waals surface area contributed by atoms with Gasteiger partial charge in [-0.05, 0) is 37.5 Å². The highest BCUT2D eigenvalue weighted by molar-refractivity contribution is 5.29. The molecule has 0 bridgehead atoms. The smallest absolute Gasteiger partial charge is 0.121 e. The molecule has 4 heteroatoms. The van der Waals surface area contributed by atoms with E-state index in [2.05, 4.69) is 52.3 Å². The zero-order valence-electron chi connectivity index (χ0n) is 10.4. The molecule has 1 heterocycles. The van der Waals surface area contributed by atoms with Crippen LogP contribution in [-0.2, 0) is 13.1 Å². The lowest BCUT2D eigenvalue weighted by atomic mass is 10.1. The van der Waals surface area contributed by atoms with Gasteiger partial charge in [-0.3, -0.25) is 0 Å². The SMILES string of the molecule is Cc1ccc(CNCc2nonc2C)cc1C. The van der Waals surface area contributed by atoms with E-state index >= 15 is 0 Å². The van der Waals surface area contributed by atoms with Crippen molar-refractivity contribution in [1.29, 1.82) is 0 Å². The number of aromatic nitrogens is 2. The predicted molar refractivity (Wildman–Crippen MR) is 65.5 cm³/mol. The predicted octanol–water partition coefficient (Wildman–Crippen LogP) is 2.28. The van der Waals surface area contributed by atoms with Gasteiger partial charge in [0.2, 0.25) is 0 Å². The summed E-state index contributed by atoms with van der Waals surface area (Å²) in [5.74, 6) is 0. The zero-order valence-corrected chi connectivity index (χ0v) is 10.4. The minimum atomic E-state index is 0.683. The molecule has 0 aliphatic rings. The third-order valence-electron chi connectivity index (χ3n) is 2.94. The Balaban J connectivity index is 1.90. The third-order valence-corrected chi connectivity index (χ3v) is 2.94. The Hall–Kier alpha value is -1.68. The van der Waals surface area contributed by atoms with Gasteiger partial charge in [-0.15, -0.1) is 0 Å². The Kier molecular flexibility index (Phi) is 3.54. The van der Waals surface area contributed by atoms with Gasteiger partial charge in [-0.25, -0.2) is 4.63 Å². The molecule has 0 unspecified atom stereocenters. The van der Waals surface area contributed by atoms with E-state index < -0.39 is 0 Å². The lowest BCUT2D eigenvalue weighted by Crippen LogP contribution is -2.13. The number of benzene rings is 1. The molecule has 2 aromatic rings. The van der Waals surface area contributed by atoms with Crippen LogP contribution in [-0.4, -0.2) is 10.3 Å². The Labute approximate surface area is 101 Å². The molecule has 4 nitrogen and oxygen atoms in total. The van der Waals surface area contributed by atoms with Crippen molar-refractivity contribution in [1.82, 2.24) is 15.6 Å². The Morgan fingerprint density at radius 3 is 2.53 bits per heavy atom. The maximum absolute atomic E-state index is 4.64. The second-order valence-electron chi connectivity index (χ2n) is 4.32. The van der Waals surface area contributed by atoms with Gasteiger partial charge in [0.25, 0.3) is 0 Å². The minimum Gasteiger partial charge on any atom is -0.307 e. The van der Waals surface area contributed by atoms with Crippen molar-refractivity contribution < 1.29 is 4.63 Å². The summed E-state index contributed by atoms with van der Waals surface area (Å²) in [7, 11) is 0. The van der Waals surface area contributed by atoms with Crippen molar-refractivity contribution in [2.24, 2.45) is 0 Å². The summed E-state index contributed by atoms with van der Waals surface area (Å²) < 4.78 is 4.64. The summed E-state index contributed by atoms with van der Waals surface area (Å²) in [6, 6.07) is 6.49. The molecule has 17 heavy (non-hydrogen) atoms. The lowest BCUT2D eigenvalue weighted by molar-refractivity contribution is 0.300. The van der Waals surface area contributed by atoms with Gasteiger partial charge in [0.05, 0.1) is 0 Å². The Morgan fingerprint density at radius 2 is 1.88 bits per heavy atom. The van der Waals surface area contributed by atoms with E-state index in [9.17, 15) is 0 Å². The molecule has 1 aromatic carbocycles. The molecular weight excluding hydrogens is 214 g/mol. The normalized spacial score (nSPS) is 10.8. The largest absolute Gasteiger partial charge is 0.307 e. The van der Waals surface area contributed by atoms with Crippen LogP contribution in [0, 0.1) is 20.8 Å². The number of hydrogen-bond acceptors (Lipinski definition) is 4. The van der Waals surface area contributed by atoms with Crippen LogP contribution in [0.1, 0.15) is 28.1 Å². The molecule has 1 N–H and O–H groups in total. The van der Waals surface area contributed by atoms with Crippen molar-refractivity contribution >= 4 is 0 Å². The van der Waals surface area contributed by atoms with Crippen LogP contribution in [0.15, 0.2) is 22.8 Å². The van der Waals surface area contributed by atoms with Gasteiger partial charge < -0.3 is 5.32 Å². The van der Waals surface area contributed by atoms with Gasteiger partial charge in [-0.2, -0.15) is 0 Å². The maximum atomic E-state index is 4.64. The highest BCUT2D eigenvalue weighted by Gasteiger charge is 2.04. The fourth-order valence-electron chi connectivity index (χ4n) is 1.65. The minimum absolute atomic E-state index is 0.683. The van der Waals surface area contributed by atoms with Gasteiger partial charge in [0.1, 0.15) is 11.4 Å². The van der Waals surface area contributed by atoms with Crippen LogP contribution in [0.3, 0.4) is 0 Å². The highest BCUT2D eigenvalue weighted by Crippen LogP contribution is 2.09. The van der Waals surface area contributed by atoms with E-state index in [1.54, 1.807) is 0 Å². The monoisotopic (exact) mass is 231 g/mol. The van der Waals surface area contributed by atoms with E-state index in [1.807, 2.05) is 6.92 Å². The van der Waals surface area contributed by atoms with Gasteiger partial charge in [0.15, 0.2) is 0 Å². The molecule has 90 valence electrons. The van der Waals surface area contributed by atoms with Gasteiger partial charge >= 0.3 is 0 Å². The molecule has 0 amide bonds. The van der Waals surface area contributed by atoms with Crippen molar-refractivity contribution in [3.8, 4) is 0 Å². The van der Waals surface area contributed by atoms with Crippen molar-refractivity contribution in [3.05, 3.63) is 46.3 Å². The molecule has 1 aromatic heterocycles.